The molecule has 2 N–H and O–H groups in total. The van der Waals surface area contributed by atoms with Crippen molar-refractivity contribution in [3.63, 3.8) is 0 Å². The molecule has 1 saturated heterocycles. The molecule has 7 heteroatoms. The summed E-state index contributed by atoms with van der Waals surface area (Å²) in [7, 11) is 0. The van der Waals surface area contributed by atoms with Gasteiger partial charge in [-0.25, -0.2) is 4.99 Å². The van der Waals surface area contributed by atoms with Crippen LogP contribution in [0, 0.1) is 5.92 Å². The second-order valence-electron chi connectivity index (χ2n) is 6.90. The molecule has 6 nitrogen and oxygen atoms in total. The number of aliphatic imine (C=N–C) groups is 1. The summed E-state index contributed by atoms with van der Waals surface area (Å²) >= 11 is 0. The lowest BCUT2D eigenvalue weighted by Gasteiger charge is -2.27. The smallest absolute Gasteiger partial charge is 0.191 e. The summed E-state index contributed by atoms with van der Waals surface area (Å²) in [4.78, 5) is 11.5. The largest absolute Gasteiger partial charge is 0.379 e. The van der Waals surface area contributed by atoms with E-state index in [-0.39, 0.29) is 24.0 Å². The van der Waals surface area contributed by atoms with Gasteiger partial charge in [-0.1, -0.05) is 12.5 Å². The van der Waals surface area contributed by atoms with Crippen LogP contribution < -0.4 is 10.6 Å². The maximum atomic E-state index is 5.40. The Kier molecular flexibility index (Phi) is 10.2. The molecule has 2 heterocycles. The molecule has 146 valence electrons. The molecule has 0 bridgehead atoms. The summed E-state index contributed by atoms with van der Waals surface area (Å²) in [6.07, 6.45) is 7.00. The van der Waals surface area contributed by atoms with Crippen molar-refractivity contribution in [1.29, 1.82) is 0 Å². The second kappa shape index (κ2) is 12.5. The molecule has 1 aliphatic heterocycles. The first-order valence-electron chi connectivity index (χ1n) is 9.62. The molecular formula is C19H32IN5O. The van der Waals surface area contributed by atoms with Crippen LogP contribution in [0.15, 0.2) is 29.4 Å². The maximum Gasteiger partial charge on any atom is 0.191 e. The lowest BCUT2D eigenvalue weighted by atomic mass is 9.85. The number of hydrogen-bond acceptors (Lipinski definition) is 4. The highest BCUT2D eigenvalue weighted by molar-refractivity contribution is 14.0. The van der Waals surface area contributed by atoms with Crippen molar-refractivity contribution >= 4 is 29.9 Å². The number of halogens is 1. The third kappa shape index (κ3) is 7.75. The number of guanidine groups is 1. The molecule has 0 spiro atoms. The average molecular weight is 473 g/mol. The number of ether oxygens (including phenoxy) is 1. The minimum Gasteiger partial charge on any atom is -0.379 e. The molecule has 0 amide bonds. The van der Waals surface area contributed by atoms with Crippen LogP contribution in [0.4, 0.5) is 0 Å². The molecule has 1 aromatic heterocycles. The van der Waals surface area contributed by atoms with Gasteiger partial charge in [0.1, 0.15) is 0 Å². The van der Waals surface area contributed by atoms with Gasteiger partial charge in [0, 0.05) is 32.4 Å². The van der Waals surface area contributed by atoms with Crippen LogP contribution in [-0.4, -0.2) is 61.8 Å². The molecule has 0 atom stereocenters. The number of hydrogen-bond donors (Lipinski definition) is 2. The summed E-state index contributed by atoms with van der Waals surface area (Å²) < 4.78 is 5.40. The van der Waals surface area contributed by atoms with Crippen LogP contribution in [0.5, 0.6) is 0 Å². The monoisotopic (exact) mass is 473 g/mol. The predicted molar refractivity (Wildman–Crippen MR) is 116 cm³/mol. The molecule has 2 aliphatic rings. The minimum absolute atomic E-state index is 0. The van der Waals surface area contributed by atoms with Gasteiger partial charge < -0.3 is 15.4 Å². The predicted octanol–water partition coefficient (Wildman–Crippen LogP) is 2.26. The van der Waals surface area contributed by atoms with E-state index in [9.17, 15) is 0 Å². The molecule has 1 saturated carbocycles. The van der Waals surface area contributed by atoms with Gasteiger partial charge in [0.15, 0.2) is 5.96 Å². The first-order chi connectivity index (χ1) is 12.4. The van der Waals surface area contributed by atoms with E-state index < -0.39 is 0 Å². The Morgan fingerprint density at radius 2 is 2.08 bits per heavy atom. The number of aromatic nitrogens is 1. The van der Waals surface area contributed by atoms with Crippen LogP contribution >= 0.6 is 24.0 Å². The zero-order chi connectivity index (χ0) is 17.2. The number of morpholine rings is 1. The molecule has 2 fully saturated rings. The van der Waals surface area contributed by atoms with Crippen molar-refractivity contribution in [2.24, 2.45) is 10.9 Å². The highest BCUT2D eigenvalue weighted by atomic mass is 127. The van der Waals surface area contributed by atoms with Crippen molar-refractivity contribution in [1.82, 2.24) is 20.5 Å². The van der Waals surface area contributed by atoms with E-state index in [1.165, 1.54) is 19.3 Å². The van der Waals surface area contributed by atoms with Gasteiger partial charge in [-0.05, 0) is 43.9 Å². The zero-order valence-corrected chi connectivity index (χ0v) is 17.9. The molecule has 3 rings (SSSR count). The SMILES string of the molecule is I.c1ccc(CN=C(NCCCN2CCOCC2)NCC2CCC2)nc1. The summed E-state index contributed by atoms with van der Waals surface area (Å²) in [5.41, 5.74) is 1.00. The minimum atomic E-state index is 0. The van der Waals surface area contributed by atoms with Gasteiger partial charge in [-0.3, -0.25) is 9.88 Å². The average Bonchev–Trinajstić information content (AvgIpc) is 2.63. The fourth-order valence-corrected chi connectivity index (χ4v) is 3.10. The highest BCUT2D eigenvalue weighted by Gasteiger charge is 2.17. The Balaban J connectivity index is 0.00000243. The van der Waals surface area contributed by atoms with Gasteiger partial charge in [-0.15, -0.1) is 24.0 Å². The molecule has 0 aromatic carbocycles. The third-order valence-corrected chi connectivity index (χ3v) is 4.96. The van der Waals surface area contributed by atoms with Crippen LogP contribution in [0.2, 0.25) is 0 Å². The summed E-state index contributed by atoms with van der Waals surface area (Å²) in [6.45, 7) is 7.55. The van der Waals surface area contributed by atoms with Gasteiger partial charge in [0.25, 0.3) is 0 Å². The third-order valence-electron chi connectivity index (χ3n) is 4.96. The lowest BCUT2D eigenvalue weighted by molar-refractivity contribution is 0.0376. The second-order valence-corrected chi connectivity index (χ2v) is 6.90. The summed E-state index contributed by atoms with van der Waals surface area (Å²) in [5.74, 6) is 1.73. The van der Waals surface area contributed by atoms with Crippen LogP contribution in [0.1, 0.15) is 31.4 Å². The molecule has 0 unspecified atom stereocenters. The van der Waals surface area contributed by atoms with Crippen LogP contribution in [-0.2, 0) is 11.3 Å². The number of nitrogens with zero attached hydrogens (tertiary/aromatic N) is 3. The zero-order valence-electron chi connectivity index (χ0n) is 15.5. The van der Waals surface area contributed by atoms with E-state index in [2.05, 4.69) is 20.5 Å². The first-order valence-corrected chi connectivity index (χ1v) is 9.62. The maximum absolute atomic E-state index is 5.40. The van der Waals surface area contributed by atoms with E-state index >= 15 is 0 Å². The molecular weight excluding hydrogens is 441 g/mol. The fourth-order valence-electron chi connectivity index (χ4n) is 3.10. The Bertz CT molecular complexity index is 518. The quantitative estimate of drug-likeness (QED) is 0.263. The van der Waals surface area contributed by atoms with Gasteiger partial charge in [0.2, 0.25) is 0 Å². The molecule has 0 radical (unpaired) electrons. The van der Waals surface area contributed by atoms with Gasteiger partial charge >= 0.3 is 0 Å². The van der Waals surface area contributed by atoms with Crippen molar-refractivity contribution < 1.29 is 4.74 Å². The number of pyridine rings is 1. The van der Waals surface area contributed by atoms with E-state index in [4.69, 9.17) is 9.73 Å². The molecule has 1 aliphatic carbocycles. The number of nitrogens with one attached hydrogen (secondary N) is 2. The first kappa shape index (κ1) is 21.4. The Labute approximate surface area is 174 Å². The van der Waals surface area contributed by atoms with Crippen molar-refractivity contribution in [3.05, 3.63) is 30.1 Å². The lowest BCUT2D eigenvalue weighted by Crippen LogP contribution is -2.42. The van der Waals surface area contributed by atoms with Crippen molar-refractivity contribution in [3.8, 4) is 0 Å². The van der Waals surface area contributed by atoms with Crippen LogP contribution in [0.3, 0.4) is 0 Å². The van der Waals surface area contributed by atoms with Crippen molar-refractivity contribution in [2.75, 3.05) is 45.9 Å². The topological polar surface area (TPSA) is 61.8 Å². The Morgan fingerprint density at radius 3 is 2.77 bits per heavy atom. The van der Waals surface area contributed by atoms with Crippen LogP contribution in [0.25, 0.3) is 0 Å². The van der Waals surface area contributed by atoms with E-state index in [1.807, 2.05) is 24.4 Å². The van der Waals surface area contributed by atoms with Gasteiger partial charge in [0.05, 0.1) is 25.5 Å². The van der Waals surface area contributed by atoms with E-state index in [0.29, 0.717) is 6.54 Å². The normalized spacial score (nSPS) is 18.7. The summed E-state index contributed by atoms with van der Waals surface area (Å²) in [6, 6.07) is 5.97. The highest BCUT2D eigenvalue weighted by Crippen LogP contribution is 2.25. The fraction of sp³-hybridized carbons (Fsp3) is 0.684. The molecule has 26 heavy (non-hydrogen) atoms. The van der Waals surface area contributed by atoms with E-state index in [0.717, 1.165) is 69.9 Å². The standard InChI is InChI=1S/C19H31N5O.HI/c1-2-8-20-18(7-1)16-23-19(22-15-17-5-3-6-17)21-9-4-10-24-11-13-25-14-12-24;/h1-2,7-8,17H,3-6,9-16H2,(H2,21,22,23);1H. The Morgan fingerprint density at radius 1 is 1.23 bits per heavy atom. The van der Waals surface area contributed by atoms with Gasteiger partial charge in [-0.2, -0.15) is 0 Å². The molecule has 1 aromatic rings. The Hall–Kier alpha value is -0.930. The van der Waals surface area contributed by atoms with Crippen molar-refractivity contribution in [2.45, 2.75) is 32.2 Å². The number of rotatable bonds is 8. The van der Waals surface area contributed by atoms with E-state index in [1.54, 1.807) is 0 Å². The summed E-state index contributed by atoms with van der Waals surface area (Å²) in [5, 5.41) is 6.99.